The van der Waals surface area contributed by atoms with Gasteiger partial charge in [-0.15, -0.1) is 0 Å². The van der Waals surface area contributed by atoms with E-state index in [2.05, 4.69) is 0 Å². The molecule has 2 saturated heterocycles. The molecule has 2 amide bonds. The number of aliphatic hydroxyl groups excluding tert-OH is 1. The monoisotopic (exact) mass is 755 g/mol. The lowest BCUT2D eigenvalue weighted by molar-refractivity contribution is -0.310. The molecule has 3 saturated carbocycles. The summed E-state index contributed by atoms with van der Waals surface area (Å²) >= 11 is 0. The predicted octanol–water partition coefficient (Wildman–Crippen LogP) is 4.16. The van der Waals surface area contributed by atoms with Crippen LogP contribution in [0.2, 0.25) is 0 Å². The number of alkyl halides is 1. The summed E-state index contributed by atoms with van der Waals surface area (Å²) in [5, 5.41) is 11.7. The second-order valence-corrected chi connectivity index (χ2v) is 18.9. The van der Waals surface area contributed by atoms with Crippen LogP contribution in [0.5, 0.6) is 0 Å². The SMILES string of the molecule is CC(C)C(C(=O)N1CCCC1C(=O)N(C)CC(C)(C)C(C)C(=O)OCC(=O)[C@]12OC[C@@]13C[C@H](O)[C@@]1(F)[C@@H](CCC4=CC(=O)C=C[C@@]41C)[C@@H]3C[C@H]2C)N(C)C. The van der Waals surface area contributed by atoms with Crippen LogP contribution >= 0.6 is 0 Å². The van der Waals surface area contributed by atoms with Crippen LogP contribution in [0.4, 0.5) is 4.39 Å². The van der Waals surface area contributed by atoms with Gasteiger partial charge in [0.2, 0.25) is 17.6 Å². The number of likely N-dealkylation sites (tertiary alicyclic amines) is 1. The van der Waals surface area contributed by atoms with Gasteiger partial charge in [-0.2, -0.15) is 0 Å². The molecule has 11 atom stereocenters. The summed E-state index contributed by atoms with van der Waals surface area (Å²) in [6, 6.07) is -0.899. The number of ketones is 2. The number of hydrogen-bond donors (Lipinski definition) is 1. The van der Waals surface area contributed by atoms with Gasteiger partial charge in [0.1, 0.15) is 11.6 Å². The summed E-state index contributed by atoms with van der Waals surface area (Å²) in [4.78, 5) is 72.6. The molecule has 11 nitrogen and oxygen atoms in total. The van der Waals surface area contributed by atoms with Crippen LogP contribution in [0, 0.1) is 45.8 Å². The quantitative estimate of drug-likeness (QED) is 0.309. The second kappa shape index (κ2) is 13.9. The van der Waals surface area contributed by atoms with Crippen LogP contribution in [0.25, 0.3) is 0 Å². The first kappa shape index (κ1) is 40.7. The Labute approximate surface area is 320 Å². The maximum absolute atomic E-state index is 17.6. The molecule has 0 aromatic rings. The highest BCUT2D eigenvalue weighted by Crippen LogP contribution is 2.74. The molecule has 0 aromatic heterocycles. The highest BCUT2D eigenvalue weighted by atomic mass is 19.1. The minimum Gasteiger partial charge on any atom is -0.457 e. The van der Waals surface area contributed by atoms with Gasteiger partial charge in [0.15, 0.2) is 18.1 Å². The Kier molecular flexibility index (Phi) is 10.5. The molecule has 0 bridgehead atoms. The van der Waals surface area contributed by atoms with E-state index in [4.69, 9.17) is 9.47 Å². The molecular weight excluding hydrogens is 693 g/mol. The number of likely N-dealkylation sites (N-methyl/N-ethyl adjacent to an activating group) is 2. The number of nitrogens with zero attached hydrogens (tertiary/aromatic N) is 3. The van der Waals surface area contributed by atoms with Gasteiger partial charge in [0.05, 0.1) is 24.7 Å². The third-order valence-electron chi connectivity index (χ3n) is 15.0. The average molecular weight is 756 g/mol. The highest BCUT2D eigenvalue weighted by molar-refractivity contribution is 6.01. The van der Waals surface area contributed by atoms with Crippen molar-refractivity contribution in [1.29, 1.82) is 0 Å². The third-order valence-corrected chi connectivity index (χ3v) is 15.0. The topological polar surface area (TPSA) is 134 Å². The first-order chi connectivity index (χ1) is 25.1. The molecule has 54 heavy (non-hydrogen) atoms. The minimum absolute atomic E-state index is 0.0421. The number of rotatable bonds is 11. The Balaban J connectivity index is 1.11. The number of carbonyl (C=O) groups excluding carboxylic acids is 5. The number of fused-ring (bicyclic) bond motifs is 4. The summed E-state index contributed by atoms with van der Waals surface area (Å²) in [6.07, 6.45) is 6.06. The van der Waals surface area contributed by atoms with Crippen molar-refractivity contribution in [3.05, 3.63) is 23.8 Å². The van der Waals surface area contributed by atoms with Crippen molar-refractivity contribution in [1.82, 2.24) is 14.7 Å². The molecule has 1 N–H and O–H groups in total. The van der Waals surface area contributed by atoms with E-state index in [1.165, 1.54) is 12.2 Å². The van der Waals surface area contributed by atoms with Crippen molar-refractivity contribution in [2.45, 2.75) is 116 Å². The van der Waals surface area contributed by atoms with Gasteiger partial charge in [-0.25, -0.2) is 4.39 Å². The number of carbonyl (C=O) groups is 5. The summed E-state index contributed by atoms with van der Waals surface area (Å²) in [7, 11) is 5.44. The number of Topliss-reactive ketones (excluding diaryl/α,β-unsaturated/α-hetero) is 1. The molecule has 3 unspecified atom stereocenters. The molecule has 1 spiro atoms. The van der Waals surface area contributed by atoms with Crippen molar-refractivity contribution in [3.8, 4) is 0 Å². The summed E-state index contributed by atoms with van der Waals surface area (Å²) in [5.41, 5.74) is -5.24. The lowest BCUT2D eigenvalue weighted by Gasteiger charge is -2.67. The fourth-order valence-corrected chi connectivity index (χ4v) is 12.0. The molecule has 12 heteroatoms. The van der Waals surface area contributed by atoms with Gasteiger partial charge in [-0.05, 0) is 94.9 Å². The number of hydrogen-bond acceptors (Lipinski definition) is 9. The number of ether oxygens (including phenoxy) is 2. The molecule has 0 radical (unpaired) electrons. The lowest BCUT2D eigenvalue weighted by atomic mass is 9.43. The van der Waals surface area contributed by atoms with Crippen molar-refractivity contribution < 1.29 is 42.9 Å². The molecule has 6 rings (SSSR count). The van der Waals surface area contributed by atoms with E-state index in [1.54, 1.807) is 36.8 Å². The number of allylic oxidation sites excluding steroid dienone is 4. The van der Waals surface area contributed by atoms with Crippen molar-refractivity contribution in [2.75, 3.05) is 47.4 Å². The highest BCUT2D eigenvalue weighted by Gasteiger charge is 2.81. The second-order valence-electron chi connectivity index (χ2n) is 18.9. The van der Waals surface area contributed by atoms with E-state index >= 15 is 4.39 Å². The first-order valence-electron chi connectivity index (χ1n) is 20.0. The van der Waals surface area contributed by atoms with Crippen LogP contribution < -0.4 is 0 Å². The first-order valence-corrected chi connectivity index (χ1v) is 20.0. The zero-order valence-electron chi connectivity index (χ0n) is 33.9. The summed E-state index contributed by atoms with van der Waals surface area (Å²) < 4.78 is 29.6. The van der Waals surface area contributed by atoms with Gasteiger partial charge in [-0.3, -0.25) is 28.9 Å². The molecule has 5 fully saturated rings. The molecule has 6 aliphatic rings. The smallest absolute Gasteiger partial charge is 0.309 e. The van der Waals surface area contributed by atoms with E-state index in [9.17, 15) is 29.1 Å². The van der Waals surface area contributed by atoms with Crippen molar-refractivity contribution in [3.63, 3.8) is 0 Å². The largest absolute Gasteiger partial charge is 0.457 e. The number of amides is 2. The lowest BCUT2D eigenvalue weighted by Crippen LogP contribution is -2.76. The Bertz CT molecular complexity index is 1630. The van der Waals surface area contributed by atoms with E-state index in [1.807, 2.05) is 53.6 Å². The Morgan fingerprint density at radius 3 is 2.43 bits per heavy atom. The van der Waals surface area contributed by atoms with Crippen LogP contribution in [0.3, 0.4) is 0 Å². The predicted molar refractivity (Wildman–Crippen MR) is 200 cm³/mol. The minimum atomic E-state index is -2.00. The maximum atomic E-state index is 17.6. The van der Waals surface area contributed by atoms with E-state index < -0.39 is 64.1 Å². The molecule has 300 valence electrons. The molecular formula is C42H62FN3O8. The van der Waals surface area contributed by atoms with Crippen LogP contribution in [0.1, 0.15) is 87.0 Å². The normalized spacial score (nSPS) is 38.1. The Morgan fingerprint density at radius 1 is 1.13 bits per heavy atom. The zero-order chi connectivity index (χ0) is 39.9. The maximum Gasteiger partial charge on any atom is 0.309 e. The molecule has 2 heterocycles. The Hall–Kier alpha value is -2.96. The van der Waals surface area contributed by atoms with Crippen LogP contribution in [0.15, 0.2) is 23.8 Å². The fourth-order valence-electron chi connectivity index (χ4n) is 12.0. The summed E-state index contributed by atoms with van der Waals surface area (Å²) in [5.74, 6) is -2.99. The van der Waals surface area contributed by atoms with E-state index in [0.717, 1.165) is 6.42 Å². The third kappa shape index (κ3) is 5.77. The van der Waals surface area contributed by atoms with E-state index in [0.29, 0.717) is 37.8 Å². The number of esters is 1. The van der Waals surface area contributed by atoms with Gasteiger partial charge in [0, 0.05) is 36.9 Å². The fraction of sp³-hybridized carbons (Fsp3) is 0.786. The standard InChI is InChI=1S/C42H62FN3O8/c1-24(2)34(44(8)9)36(51)46-17-11-12-31(46)35(50)45(10)22-38(5,6)26(4)37(52)53-21-33(49)42-25(3)18-30-29-14-13-27-19-28(47)15-16-39(27,7)41(29,43)32(48)20-40(30,42)23-54-42/h15-16,19,24-26,29-32,34,48H,11-14,17-18,20-23H2,1-10H3/t25-,26?,29+,30+,31?,32+,34?,39+,40-,41+,42+/m1/s1. The van der Waals surface area contributed by atoms with Crippen molar-refractivity contribution >= 4 is 29.4 Å². The number of halogens is 1. The van der Waals surface area contributed by atoms with Crippen molar-refractivity contribution in [2.24, 2.45) is 45.8 Å². The van der Waals surface area contributed by atoms with Crippen LogP contribution in [-0.4, -0.2) is 126 Å². The zero-order valence-corrected chi connectivity index (χ0v) is 33.9. The van der Waals surface area contributed by atoms with Gasteiger partial charge in [-0.1, -0.05) is 53.2 Å². The number of aliphatic hydroxyl groups is 1. The summed E-state index contributed by atoms with van der Waals surface area (Å²) in [6.45, 7) is 13.7. The average Bonchev–Trinajstić information content (AvgIpc) is 3.63. The molecule has 0 aromatic carbocycles. The molecule has 2 aliphatic heterocycles. The van der Waals surface area contributed by atoms with Gasteiger partial charge in [0.25, 0.3) is 0 Å². The van der Waals surface area contributed by atoms with Gasteiger partial charge < -0.3 is 24.4 Å². The Morgan fingerprint density at radius 2 is 1.81 bits per heavy atom. The van der Waals surface area contributed by atoms with E-state index in [-0.39, 0.29) is 66.7 Å². The van der Waals surface area contributed by atoms with Crippen LogP contribution in [-0.2, 0) is 33.4 Å². The van der Waals surface area contributed by atoms with Gasteiger partial charge >= 0.3 is 5.97 Å². The molecule has 4 aliphatic carbocycles.